The fourth-order valence-corrected chi connectivity index (χ4v) is 5.52. The molecule has 8 nitrogen and oxygen atoms in total. The first-order chi connectivity index (χ1) is 16.5. The molecule has 34 heavy (non-hydrogen) atoms. The molecule has 5 rings (SSSR count). The summed E-state index contributed by atoms with van der Waals surface area (Å²) in [4.78, 5) is 26.5. The Morgan fingerprint density at radius 2 is 1.91 bits per heavy atom. The minimum Gasteiger partial charge on any atom is -0.379 e. The number of amides is 1. The summed E-state index contributed by atoms with van der Waals surface area (Å²) in [7, 11) is 0. The van der Waals surface area contributed by atoms with Crippen molar-refractivity contribution in [3.63, 3.8) is 0 Å². The van der Waals surface area contributed by atoms with Crippen LogP contribution in [0.1, 0.15) is 35.3 Å². The number of aromatic nitrogens is 2. The molecule has 3 saturated heterocycles. The first kappa shape index (κ1) is 23.8. The molecule has 0 spiro atoms. The third-order valence-electron chi connectivity index (χ3n) is 7.07. The summed E-state index contributed by atoms with van der Waals surface area (Å²) in [5, 5.41) is 4.15. The Balaban J connectivity index is 1.24. The fourth-order valence-electron chi connectivity index (χ4n) is 5.22. The van der Waals surface area contributed by atoms with Crippen LogP contribution < -0.4 is 5.32 Å². The van der Waals surface area contributed by atoms with Gasteiger partial charge in [-0.15, -0.1) is 0 Å². The number of fused-ring (bicyclic) bond motifs is 1. The van der Waals surface area contributed by atoms with Crippen LogP contribution in [-0.2, 0) is 9.47 Å². The number of piperidine rings is 1. The van der Waals surface area contributed by atoms with E-state index in [1.807, 2.05) is 17.9 Å². The van der Waals surface area contributed by atoms with Crippen molar-refractivity contribution in [1.29, 1.82) is 0 Å². The van der Waals surface area contributed by atoms with E-state index in [0.717, 1.165) is 44.7 Å². The molecular weight excluding hydrogens is 477 g/mol. The van der Waals surface area contributed by atoms with E-state index in [1.165, 1.54) is 6.33 Å². The van der Waals surface area contributed by atoms with Gasteiger partial charge in [0.05, 0.1) is 29.4 Å². The first-order valence-electron chi connectivity index (χ1n) is 11.8. The second-order valence-corrected chi connectivity index (χ2v) is 9.87. The van der Waals surface area contributed by atoms with Crippen LogP contribution in [0.5, 0.6) is 0 Å². The number of morpholine rings is 1. The largest absolute Gasteiger partial charge is 0.379 e. The van der Waals surface area contributed by atoms with E-state index in [2.05, 4.69) is 20.2 Å². The molecule has 3 aliphatic rings. The van der Waals surface area contributed by atoms with E-state index in [1.54, 1.807) is 12.1 Å². The molecule has 0 saturated carbocycles. The normalized spacial score (nSPS) is 24.0. The zero-order chi connectivity index (χ0) is 23.7. The molecule has 1 aromatic carbocycles. The standard InChI is InChI=1S/C24H29Cl2N5O3/c1-15-22(27-14-28-23(15)29-16-2-3-18(25)19(26)12-16)24(32)30-7-4-17(5-8-30)31-9-11-34-21-13-33-10-6-20(21)31/h2-3,12,14,17,20-21H,4-11,13H2,1H3,(H,27,28,29)/t20-,21?/m1/s1. The second kappa shape index (κ2) is 10.3. The van der Waals surface area contributed by atoms with Gasteiger partial charge in [-0.05, 0) is 44.4 Å². The topological polar surface area (TPSA) is 79.8 Å². The summed E-state index contributed by atoms with van der Waals surface area (Å²) in [6.45, 7) is 6.47. The lowest BCUT2D eigenvalue weighted by Crippen LogP contribution is -2.60. The molecule has 2 aromatic rings. The van der Waals surface area contributed by atoms with Gasteiger partial charge in [0.1, 0.15) is 17.8 Å². The molecule has 0 aliphatic carbocycles. The highest BCUT2D eigenvalue weighted by atomic mass is 35.5. The van der Waals surface area contributed by atoms with Gasteiger partial charge in [-0.1, -0.05) is 23.2 Å². The zero-order valence-corrected chi connectivity index (χ0v) is 20.7. The van der Waals surface area contributed by atoms with Crippen molar-refractivity contribution in [2.75, 3.05) is 44.8 Å². The molecular formula is C24H29Cl2N5O3. The van der Waals surface area contributed by atoms with Gasteiger partial charge in [0.2, 0.25) is 0 Å². The van der Waals surface area contributed by atoms with Crippen LogP contribution in [0.3, 0.4) is 0 Å². The third kappa shape index (κ3) is 4.88. The molecule has 1 aromatic heterocycles. The van der Waals surface area contributed by atoms with Gasteiger partial charge >= 0.3 is 0 Å². The van der Waals surface area contributed by atoms with E-state index in [0.29, 0.717) is 58.9 Å². The number of nitrogens with zero attached hydrogens (tertiary/aromatic N) is 4. The fraction of sp³-hybridized carbons (Fsp3) is 0.542. The molecule has 3 fully saturated rings. The van der Waals surface area contributed by atoms with Gasteiger partial charge < -0.3 is 19.7 Å². The highest BCUT2D eigenvalue weighted by molar-refractivity contribution is 6.42. The quantitative estimate of drug-likeness (QED) is 0.673. The Bertz CT molecular complexity index is 1050. The van der Waals surface area contributed by atoms with Gasteiger partial charge in [0, 0.05) is 49.6 Å². The number of halogens is 2. The number of rotatable bonds is 4. The minimum absolute atomic E-state index is 0.0542. The van der Waals surface area contributed by atoms with E-state index in [9.17, 15) is 4.79 Å². The van der Waals surface area contributed by atoms with Crippen LogP contribution in [0.2, 0.25) is 10.0 Å². The maximum atomic E-state index is 13.4. The summed E-state index contributed by atoms with van der Waals surface area (Å²) in [6, 6.07) is 6.16. The van der Waals surface area contributed by atoms with Crippen molar-refractivity contribution in [2.24, 2.45) is 0 Å². The maximum absolute atomic E-state index is 13.4. The van der Waals surface area contributed by atoms with Crippen LogP contribution in [-0.4, -0.2) is 83.3 Å². The molecule has 10 heteroatoms. The SMILES string of the molecule is Cc1c(Nc2ccc(Cl)c(Cl)c2)ncnc1C(=O)N1CCC(N2CCOC3COCC[C@H]32)CC1. The van der Waals surface area contributed by atoms with Crippen LogP contribution in [0, 0.1) is 6.92 Å². The Kier molecular flexibility index (Phi) is 7.22. The van der Waals surface area contributed by atoms with Gasteiger partial charge in [-0.3, -0.25) is 9.69 Å². The van der Waals surface area contributed by atoms with Crippen molar-refractivity contribution in [2.45, 2.75) is 44.4 Å². The highest BCUT2D eigenvalue weighted by Gasteiger charge is 2.39. The lowest BCUT2D eigenvalue weighted by atomic mass is 9.95. The molecule has 1 amide bonds. The number of likely N-dealkylation sites (tertiary alicyclic amines) is 1. The van der Waals surface area contributed by atoms with E-state index in [4.69, 9.17) is 32.7 Å². The molecule has 2 atom stereocenters. The van der Waals surface area contributed by atoms with Crippen LogP contribution in [0.4, 0.5) is 11.5 Å². The number of ether oxygens (including phenoxy) is 2. The number of carbonyl (C=O) groups is 1. The summed E-state index contributed by atoms with van der Waals surface area (Å²) >= 11 is 12.1. The number of carbonyl (C=O) groups excluding carboxylic acids is 1. The Morgan fingerprint density at radius 3 is 2.71 bits per heavy atom. The van der Waals surface area contributed by atoms with Crippen LogP contribution in [0.15, 0.2) is 24.5 Å². The summed E-state index contributed by atoms with van der Waals surface area (Å²) in [5.41, 5.74) is 1.87. The summed E-state index contributed by atoms with van der Waals surface area (Å²) in [6.07, 6.45) is 4.51. The molecule has 4 heterocycles. The Hall–Kier alpha value is -1.97. The van der Waals surface area contributed by atoms with E-state index < -0.39 is 0 Å². The van der Waals surface area contributed by atoms with Gasteiger partial charge in [0.25, 0.3) is 5.91 Å². The zero-order valence-electron chi connectivity index (χ0n) is 19.2. The first-order valence-corrected chi connectivity index (χ1v) is 12.5. The second-order valence-electron chi connectivity index (χ2n) is 9.05. The predicted molar refractivity (Wildman–Crippen MR) is 131 cm³/mol. The third-order valence-corrected chi connectivity index (χ3v) is 7.81. The highest BCUT2D eigenvalue weighted by Crippen LogP contribution is 2.30. The lowest BCUT2D eigenvalue weighted by molar-refractivity contribution is -0.148. The number of anilines is 2. The molecule has 3 aliphatic heterocycles. The lowest BCUT2D eigenvalue weighted by Gasteiger charge is -2.49. The van der Waals surface area contributed by atoms with Crippen molar-refractivity contribution in [1.82, 2.24) is 19.8 Å². The molecule has 182 valence electrons. The smallest absolute Gasteiger partial charge is 0.272 e. The Labute approximate surface area is 209 Å². The predicted octanol–water partition coefficient (Wildman–Crippen LogP) is 3.93. The molecule has 1 unspecified atom stereocenters. The number of benzene rings is 1. The molecule has 0 radical (unpaired) electrons. The van der Waals surface area contributed by atoms with Crippen molar-refractivity contribution in [3.8, 4) is 0 Å². The average molecular weight is 506 g/mol. The van der Waals surface area contributed by atoms with Crippen LogP contribution in [0.25, 0.3) is 0 Å². The summed E-state index contributed by atoms with van der Waals surface area (Å²) in [5.74, 6) is 0.520. The van der Waals surface area contributed by atoms with E-state index in [-0.39, 0.29) is 12.0 Å². The van der Waals surface area contributed by atoms with Crippen molar-refractivity contribution in [3.05, 3.63) is 45.8 Å². The van der Waals surface area contributed by atoms with Gasteiger partial charge in [0.15, 0.2) is 0 Å². The monoisotopic (exact) mass is 505 g/mol. The average Bonchev–Trinajstić information content (AvgIpc) is 2.87. The molecule has 1 N–H and O–H groups in total. The van der Waals surface area contributed by atoms with Crippen LogP contribution >= 0.6 is 23.2 Å². The number of hydrogen-bond acceptors (Lipinski definition) is 7. The Morgan fingerprint density at radius 1 is 1.09 bits per heavy atom. The number of hydrogen-bond donors (Lipinski definition) is 1. The maximum Gasteiger partial charge on any atom is 0.272 e. The van der Waals surface area contributed by atoms with Crippen molar-refractivity contribution >= 4 is 40.6 Å². The van der Waals surface area contributed by atoms with Gasteiger partial charge in [-0.25, -0.2) is 9.97 Å². The summed E-state index contributed by atoms with van der Waals surface area (Å²) < 4.78 is 11.5. The van der Waals surface area contributed by atoms with Crippen molar-refractivity contribution < 1.29 is 14.3 Å². The molecule has 0 bridgehead atoms. The minimum atomic E-state index is -0.0542. The van der Waals surface area contributed by atoms with E-state index >= 15 is 0 Å². The van der Waals surface area contributed by atoms with Gasteiger partial charge in [-0.2, -0.15) is 0 Å². The number of nitrogens with one attached hydrogen (secondary N) is 1.